The lowest BCUT2D eigenvalue weighted by Crippen LogP contribution is -2.48. The number of hydrogen-bond acceptors (Lipinski definition) is 4. The lowest BCUT2D eigenvalue weighted by atomic mass is 9.96. The van der Waals surface area contributed by atoms with Crippen LogP contribution in [0.5, 0.6) is 0 Å². The van der Waals surface area contributed by atoms with Gasteiger partial charge in [0.2, 0.25) is 5.91 Å². The fraction of sp³-hybridized carbons (Fsp3) is 0.824. The predicted molar refractivity (Wildman–Crippen MR) is 94.8 cm³/mol. The molecule has 0 aromatic rings. The number of rotatable bonds is 5. The number of nitrogens with one attached hydrogen (secondary N) is 2. The number of aliphatic imine (C=N–C) groups is 1. The van der Waals surface area contributed by atoms with Crippen LogP contribution in [0.2, 0.25) is 0 Å². The largest absolute Gasteiger partial charge is 0.466 e. The van der Waals surface area contributed by atoms with Gasteiger partial charge in [-0.25, -0.2) is 0 Å². The van der Waals surface area contributed by atoms with Crippen molar-refractivity contribution in [2.24, 2.45) is 16.3 Å². The van der Waals surface area contributed by atoms with Gasteiger partial charge in [0.25, 0.3) is 0 Å². The molecule has 1 aliphatic heterocycles. The number of hydrogen-bond donors (Lipinski definition) is 2. The highest BCUT2D eigenvalue weighted by atomic mass is 16.5. The van der Waals surface area contributed by atoms with Crippen molar-refractivity contribution in [3.8, 4) is 0 Å². The van der Waals surface area contributed by atoms with E-state index in [4.69, 9.17) is 4.74 Å². The number of piperidine rings is 1. The molecule has 138 valence electrons. The molecule has 1 saturated heterocycles. The lowest BCUT2D eigenvalue weighted by Gasteiger charge is -2.33. The third-order valence-corrected chi connectivity index (χ3v) is 4.00. The number of nitrogens with zero attached hydrogens (tertiary/aromatic N) is 2. The summed E-state index contributed by atoms with van der Waals surface area (Å²) >= 11 is 0. The maximum Gasteiger partial charge on any atom is 0.309 e. The van der Waals surface area contributed by atoms with Crippen molar-refractivity contribution < 1.29 is 14.3 Å². The molecular weight excluding hydrogens is 308 g/mol. The van der Waals surface area contributed by atoms with Crippen molar-refractivity contribution in [1.29, 1.82) is 0 Å². The molecule has 0 unspecified atom stereocenters. The Morgan fingerprint density at radius 3 is 2.25 bits per heavy atom. The molecule has 7 heteroatoms. The first kappa shape index (κ1) is 20.3. The minimum absolute atomic E-state index is 0.00891. The Kier molecular flexibility index (Phi) is 8.01. The molecule has 1 amide bonds. The maximum atomic E-state index is 11.8. The van der Waals surface area contributed by atoms with Gasteiger partial charge in [0.1, 0.15) is 0 Å². The highest BCUT2D eigenvalue weighted by Gasteiger charge is 2.27. The molecule has 0 aromatic carbocycles. The van der Waals surface area contributed by atoms with Crippen LogP contribution in [0.1, 0.15) is 40.5 Å². The minimum Gasteiger partial charge on any atom is -0.466 e. The molecule has 1 fully saturated rings. The summed E-state index contributed by atoms with van der Waals surface area (Å²) in [5, 5.41) is 6.17. The monoisotopic (exact) mass is 340 g/mol. The fourth-order valence-electron chi connectivity index (χ4n) is 2.53. The van der Waals surface area contributed by atoms with Gasteiger partial charge in [-0.1, -0.05) is 20.8 Å². The topological polar surface area (TPSA) is 83.0 Å². The van der Waals surface area contributed by atoms with Gasteiger partial charge in [-0.15, -0.1) is 0 Å². The Hall–Kier alpha value is -1.79. The van der Waals surface area contributed by atoms with Gasteiger partial charge in [-0.3, -0.25) is 14.6 Å². The van der Waals surface area contributed by atoms with Gasteiger partial charge in [0, 0.05) is 38.6 Å². The van der Waals surface area contributed by atoms with E-state index < -0.39 is 0 Å². The van der Waals surface area contributed by atoms with Gasteiger partial charge < -0.3 is 20.3 Å². The Bertz CT molecular complexity index is 449. The molecule has 7 nitrogen and oxygen atoms in total. The van der Waals surface area contributed by atoms with Crippen molar-refractivity contribution in [3.63, 3.8) is 0 Å². The molecule has 0 bridgehead atoms. The van der Waals surface area contributed by atoms with Crippen molar-refractivity contribution in [2.75, 3.05) is 39.8 Å². The van der Waals surface area contributed by atoms with Crippen LogP contribution in [-0.2, 0) is 14.3 Å². The van der Waals surface area contributed by atoms with E-state index in [1.54, 1.807) is 7.05 Å². The number of esters is 1. The van der Waals surface area contributed by atoms with Crippen LogP contribution in [-0.4, -0.2) is 62.6 Å². The lowest BCUT2D eigenvalue weighted by molar-refractivity contribution is -0.149. The second-order valence-corrected chi connectivity index (χ2v) is 6.99. The zero-order valence-corrected chi connectivity index (χ0v) is 15.6. The van der Waals surface area contributed by atoms with Crippen LogP contribution in [0.4, 0.5) is 0 Å². The van der Waals surface area contributed by atoms with Crippen LogP contribution < -0.4 is 10.6 Å². The second kappa shape index (κ2) is 9.49. The third-order valence-electron chi connectivity index (χ3n) is 4.00. The van der Waals surface area contributed by atoms with Crippen LogP contribution in [0.15, 0.2) is 4.99 Å². The van der Waals surface area contributed by atoms with Gasteiger partial charge in [0.05, 0.1) is 12.5 Å². The highest BCUT2D eigenvalue weighted by Crippen LogP contribution is 2.18. The molecule has 0 aromatic heterocycles. The van der Waals surface area contributed by atoms with Crippen LogP contribution in [0, 0.1) is 11.3 Å². The summed E-state index contributed by atoms with van der Waals surface area (Å²) in [5.41, 5.74) is -0.378. The summed E-state index contributed by atoms with van der Waals surface area (Å²) in [7, 11) is 1.74. The average molecular weight is 340 g/mol. The zero-order valence-electron chi connectivity index (χ0n) is 15.6. The number of carbonyl (C=O) groups is 2. The quantitative estimate of drug-likeness (QED) is 0.338. The molecule has 2 N–H and O–H groups in total. The zero-order chi connectivity index (χ0) is 18.2. The molecular formula is C17H32N4O3. The molecule has 1 heterocycles. The smallest absolute Gasteiger partial charge is 0.309 e. The first-order chi connectivity index (χ1) is 11.3. The van der Waals surface area contributed by atoms with E-state index in [9.17, 15) is 9.59 Å². The van der Waals surface area contributed by atoms with E-state index in [1.807, 2.05) is 27.7 Å². The van der Waals surface area contributed by atoms with Crippen molar-refractivity contribution in [2.45, 2.75) is 40.5 Å². The van der Waals surface area contributed by atoms with Crippen LogP contribution >= 0.6 is 0 Å². The Morgan fingerprint density at radius 1 is 1.17 bits per heavy atom. The van der Waals surface area contributed by atoms with Gasteiger partial charge in [-0.2, -0.15) is 0 Å². The maximum absolute atomic E-state index is 11.8. The van der Waals surface area contributed by atoms with Crippen LogP contribution in [0.25, 0.3) is 0 Å². The van der Waals surface area contributed by atoms with Crippen molar-refractivity contribution >= 4 is 17.8 Å². The van der Waals surface area contributed by atoms with Gasteiger partial charge in [-0.05, 0) is 19.8 Å². The number of amides is 1. The summed E-state index contributed by atoms with van der Waals surface area (Å²) in [6.07, 6.45) is 1.56. The fourth-order valence-corrected chi connectivity index (χ4v) is 2.53. The number of ether oxygens (including phenoxy) is 1. The Morgan fingerprint density at radius 2 is 1.75 bits per heavy atom. The predicted octanol–water partition coefficient (Wildman–Crippen LogP) is 0.999. The molecule has 0 aliphatic carbocycles. The summed E-state index contributed by atoms with van der Waals surface area (Å²) in [6, 6.07) is 0. The van der Waals surface area contributed by atoms with E-state index >= 15 is 0 Å². The summed E-state index contributed by atoms with van der Waals surface area (Å²) in [5.74, 6) is 0.743. The molecule has 1 aliphatic rings. The number of carbonyl (C=O) groups excluding carboxylic acids is 2. The second-order valence-electron chi connectivity index (χ2n) is 6.99. The third kappa shape index (κ3) is 6.37. The minimum atomic E-state index is -0.378. The van der Waals surface area contributed by atoms with Crippen molar-refractivity contribution in [3.05, 3.63) is 0 Å². The van der Waals surface area contributed by atoms with Crippen molar-refractivity contribution in [1.82, 2.24) is 15.5 Å². The summed E-state index contributed by atoms with van der Waals surface area (Å²) < 4.78 is 5.09. The van der Waals surface area contributed by atoms with Crippen LogP contribution in [0.3, 0.4) is 0 Å². The highest BCUT2D eigenvalue weighted by molar-refractivity contribution is 5.82. The van der Waals surface area contributed by atoms with E-state index in [-0.39, 0.29) is 23.2 Å². The molecule has 0 atom stereocenters. The normalized spacial score (nSPS) is 16.7. The molecule has 0 spiro atoms. The Labute approximate surface area is 145 Å². The van der Waals surface area contributed by atoms with E-state index in [0.717, 1.165) is 31.9 Å². The molecule has 1 rings (SSSR count). The van der Waals surface area contributed by atoms with E-state index in [2.05, 4.69) is 20.5 Å². The van der Waals surface area contributed by atoms with E-state index in [0.29, 0.717) is 19.7 Å². The average Bonchev–Trinajstić information content (AvgIpc) is 2.54. The van der Waals surface area contributed by atoms with Gasteiger partial charge in [0.15, 0.2) is 5.96 Å². The number of likely N-dealkylation sites (tertiary alicyclic amines) is 1. The summed E-state index contributed by atoms with van der Waals surface area (Å²) in [4.78, 5) is 30.0. The number of guanidine groups is 1. The Balaban J connectivity index is 2.33. The van der Waals surface area contributed by atoms with E-state index in [1.165, 1.54) is 0 Å². The van der Waals surface area contributed by atoms with Gasteiger partial charge >= 0.3 is 5.97 Å². The molecule has 0 radical (unpaired) electrons. The standard InChI is InChI=1S/C17H32N4O3/c1-6-24-14(22)13-7-11-21(12-8-13)16(18-5)20-10-9-19-15(23)17(2,3)4/h13H,6-12H2,1-5H3,(H,18,20)(H,19,23). The molecule has 0 saturated carbocycles. The summed E-state index contributed by atoms with van der Waals surface area (Å²) in [6.45, 7) is 10.7. The first-order valence-corrected chi connectivity index (χ1v) is 8.70. The SMILES string of the molecule is CCOC(=O)C1CCN(C(=NC)NCCNC(=O)C(C)(C)C)CC1. The first-order valence-electron chi connectivity index (χ1n) is 8.70. The molecule has 24 heavy (non-hydrogen) atoms.